The Balaban J connectivity index is 2.29. The Kier molecular flexibility index (Phi) is 3.71. The van der Waals surface area contributed by atoms with Crippen molar-refractivity contribution in [3.8, 4) is 5.75 Å². The number of aromatic nitrogens is 1. The second-order valence-electron chi connectivity index (χ2n) is 4.81. The first kappa shape index (κ1) is 14.6. The predicted octanol–water partition coefficient (Wildman–Crippen LogP) is 1.67. The molecule has 110 valence electrons. The summed E-state index contributed by atoms with van der Waals surface area (Å²) in [4.78, 5) is 23.1. The molecule has 1 heterocycles. The number of carbonyl (C=O) groups excluding carboxylic acids is 1. The number of carboxylic acids is 1. The van der Waals surface area contributed by atoms with Gasteiger partial charge in [0.25, 0.3) is 5.91 Å². The molecular weight excluding hydrogens is 272 g/mol. The molecule has 0 aliphatic rings. The standard InChI is InChI=1S/C15H16N2O4/c1-8-6-11(9(2)17(8)3)14(19)16-10-4-5-13(18)12(7-10)15(20)21/h4-7,18H,1-3H3,(H,16,19)(H,20,21)/p-1. The molecule has 0 aliphatic carbocycles. The summed E-state index contributed by atoms with van der Waals surface area (Å²) < 4.78 is 1.89. The Morgan fingerprint density at radius 2 is 1.86 bits per heavy atom. The van der Waals surface area contributed by atoms with Crippen LogP contribution in [0.3, 0.4) is 0 Å². The lowest BCUT2D eigenvalue weighted by molar-refractivity contribution is -0.268. The molecule has 2 aromatic rings. The van der Waals surface area contributed by atoms with Crippen molar-refractivity contribution in [1.29, 1.82) is 0 Å². The fraction of sp³-hybridized carbons (Fsp3) is 0.200. The molecule has 0 aliphatic heterocycles. The second-order valence-corrected chi connectivity index (χ2v) is 4.81. The first-order valence-corrected chi connectivity index (χ1v) is 6.30. The third-order valence-corrected chi connectivity index (χ3v) is 3.49. The number of hydrogen-bond donors (Lipinski definition) is 2. The topological polar surface area (TPSA) is 94.4 Å². The largest absolute Gasteiger partial charge is 0.872 e. The van der Waals surface area contributed by atoms with Gasteiger partial charge in [-0.3, -0.25) is 4.79 Å². The molecule has 0 spiro atoms. The SMILES string of the molecule is Cc1cc(C(=O)Nc2ccc([O-])c(C(=O)O)c2)c(C)n1C. The number of nitrogens with zero attached hydrogens (tertiary/aromatic N) is 1. The number of aryl methyl sites for hydroxylation is 1. The number of carboxylic acid groups (broad SMARTS) is 1. The molecule has 0 saturated carbocycles. The molecule has 0 bridgehead atoms. The minimum Gasteiger partial charge on any atom is -0.872 e. The van der Waals surface area contributed by atoms with Gasteiger partial charge in [-0.25, -0.2) is 4.79 Å². The van der Waals surface area contributed by atoms with Gasteiger partial charge in [0.2, 0.25) is 0 Å². The summed E-state index contributed by atoms with van der Waals surface area (Å²) in [6.45, 7) is 3.71. The Hall–Kier alpha value is -2.76. The average molecular weight is 287 g/mol. The summed E-state index contributed by atoms with van der Waals surface area (Å²) >= 11 is 0. The number of rotatable bonds is 3. The van der Waals surface area contributed by atoms with E-state index in [1.165, 1.54) is 6.07 Å². The number of anilines is 1. The number of aromatic carboxylic acids is 1. The van der Waals surface area contributed by atoms with Crippen molar-refractivity contribution in [3.63, 3.8) is 0 Å². The molecule has 21 heavy (non-hydrogen) atoms. The minimum atomic E-state index is -1.32. The van der Waals surface area contributed by atoms with Gasteiger partial charge in [0.1, 0.15) is 0 Å². The molecule has 0 radical (unpaired) electrons. The third kappa shape index (κ3) is 2.74. The van der Waals surface area contributed by atoms with E-state index >= 15 is 0 Å². The van der Waals surface area contributed by atoms with Gasteiger partial charge in [0.15, 0.2) is 0 Å². The van der Waals surface area contributed by atoms with Crippen molar-refractivity contribution in [2.75, 3.05) is 5.32 Å². The van der Waals surface area contributed by atoms with Gasteiger partial charge in [-0.2, -0.15) is 0 Å². The van der Waals surface area contributed by atoms with E-state index in [0.29, 0.717) is 5.56 Å². The highest BCUT2D eigenvalue weighted by molar-refractivity contribution is 6.06. The zero-order chi connectivity index (χ0) is 15.7. The zero-order valence-electron chi connectivity index (χ0n) is 11.9. The summed E-state index contributed by atoms with van der Waals surface area (Å²) in [6, 6.07) is 5.43. The van der Waals surface area contributed by atoms with Crippen LogP contribution in [0.15, 0.2) is 24.3 Å². The molecule has 6 nitrogen and oxygen atoms in total. The van der Waals surface area contributed by atoms with E-state index in [4.69, 9.17) is 5.11 Å². The van der Waals surface area contributed by atoms with E-state index in [1.54, 1.807) is 6.07 Å². The molecule has 0 fully saturated rings. The van der Waals surface area contributed by atoms with E-state index in [0.717, 1.165) is 23.5 Å². The first-order valence-electron chi connectivity index (χ1n) is 6.30. The van der Waals surface area contributed by atoms with Crippen LogP contribution in [0.4, 0.5) is 5.69 Å². The maximum Gasteiger partial charge on any atom is 0.335 e. The molecule has 0 atom stereocenters. The fourth-order valence-electron chi connectivity index (χ4n) is 2.06. The van der Waals surface area contributed by atoms with Gasteiger partial charge in [0.05, 0.1) is 11.1 Å². The van der Waals surface area contributed by atoms with Crippen molar-refractivity contribution in [3.05, 3.63) is 46.8 Å². The molecular formula is C15H15N2O4-. The van der Waals surface area contributed by atoms with Crippen LogP contribution in [0.1, 0.15) is 32.1 Å². The molecule has 6 heteroatoms. The van der Waals surface area contributed by atoms with E-state index in [2.05, 4.69) is 5.32 Å². The van der Waals surface area contributed by atoms with Crippen LogP contribution in [-0.4, -0.2) is 21.6 Å². The quantitative estimate of drug-likeness (QED) is 0.897. The van der Waals surface area contributed by atoms with Crippen molar-refractivity contribution in [2.24, 2.45) is 7.05 Å². The maximum atomic E-state index is 12.2. The Labute approximate surface area is 121 Å². The van der Waals surface area contributed by atoms with Crippen molar-refractivity contribution in [1.82, 2.24) is 4.57 Å². The zero-order valence-corrected chi connectivity index (χ0v) is 11.9. The van der Waals surface area contributed by atoms with Gasteiger partial charge >= 0.3 is 5.97 Å². The Morgan fingerprint density at radius 1 is 1.19 bits per heavy atom. The molecule has 1 amide bonds. The van der Waals surface area contributed by atoms with Gasteiger partial charge in [-0.1, -0.05) is 11.8 Å². The van der Waals surface area contributed by atoms with E-state index in [9.17, 15) is 14.7 Å². The fourth-order valence-corrected chi connectivity index (χ4v) is 2.06. The summed E-state index contributed by atoms with van der Waals surface area (Å²) in [5.74, 6) is -2.25. The van der Waals surface area contributed by atoms with Crippen molar-refractivity contribution >= 4 is 17.6 Å². The van der Waals surface area contributed by atoms with E-state index in [1.807, 2.05) is 25.5 Å². The molecule has 2 N–H and O–H groups in total. The first-order chi connectivity index (χ1) is 9.81. The normalized spacial score (nSPS) is 10.4. The molecule has 0 saturated heterocycles. The lowest BCUT2D eigenvalue weighted by atomic mass is 10.1. The molecule has 1 aromatic carbocycles. The summed E-state index contributed by atoms with van der Waals surface area (Å²) in [7, 11) is 1.86. The second kappa shape index (κ2) is 5.32. The minimum absolute atomic E-state index is 0.276. The predicted molar refractivity (Wildman–Crippen MR) is 75.7 cm³/mol. The highest BCUT2D eigenvalue weighted by atomic mass is 16.4. The monoisotopic (exact) mass is 287 g/mol. The van der Waals surface area contributed by atoms with Crippen molar-refractivity contribution in [2.45, 2.75) is 13.8 Å². The number of amides is 1. The lowest BCUT2D eigenvalue weighted by Gasteiger charge is -2.12. The van der Waals surface area contributed by atoms with Crippen molar-refractivity contribution < 1.29 is 19.8 Å². The van der Waals surface area contributed by atoms with Gasteiger partial charge in [-0.15, -0.1) is 0 Å². The van der Waals surface area contributed by atoms with Crippen LogP contribution in [-0.2, 0) is 7.05 Å². The number of hydrogen-bond acceptors (Lipinski definition) is 3. The number of carbonyl (C=O) groups is 2. The highest BCUT2D eigenvalue weighted by Gasteiger charge is 2.15. The number of benzene rings is 1. The smallest absolute Gasteiger partial charge is 0.335 e. The Morgan fingerprint density at radius 3 is 2.38 bits per heavy atom. The van der Waals surface area contributed by atoms with Crippen LogP contribution in [0.5, 0.6) is 5.75 Å². The van der Waals surface area contributed by atoms with Crippen LogP contribution in [0.25, 0.3) is 0 Å². The average Bonchev–Trinajstić information content (AvgIpc) is 2.68. The Bertz CT molecular complexity index is 732. The molecule has 1 aromatic heterocycles. The summed E-state index contributed by atoms with van der Waals surface area (Å²) in [5.41, 5.74) is 2.17. The van der Waals surface area contributed by atoms with Crippen LogP contribution < -0.4 is 10.4 Å². The van der Waals surface area contributed by atoms with Crippen LogP contribution in [0.2, 0.25) is 0 Å². The van der Waals surface area contributed by atoms with Gasteiger partial charge in [0, 0.05) is 24.1 Å². The molecule has 0 unspecified atom stereocenters. The van der Waals surface area contributed by atoms with Crippen LogP contribution in [0, 0.1) is 13.8 Å². The molecule has 2 rings (SSSR count). The lowest BCUT2D eigenvalue weighted by Crippen LogP contribution is -2.14. The third-order valence-electron chi connectivity index (χ3n) is 3.49. The summed E-state index contributed by atoms with van der Waals surface area (Å²) in [5, 5.41) is 22.9. The number of nitrogens with one attached hydrogen (secondary N) is 1. The van der Waals surface area contributed by atoms with E-state index < -0.39 is 11.7 Å². The summed E-state index contributed by atoms with van der Waals surface area (Å²) in [6.07, 6.45) is 0. The van der Waals surface area contributed by atoms with Gasteiger partial charge in [-0.05, 0) is 32.0 Å². The highest BCUT2D eigenvalue weighted by Crippen LogP contribution is 2.21. The maximum absolute atomic E-state index is 12.2. The van der Waals surface area contributed by atoms with Crippen LogP contribution >= 0.6 is 0 Å². The van der Waals surface area contributed by atoms with E-state index in [-0.39, 0.29) is 17.2 Å². The van der Waals surface area contributed by atoms with Gasteiger partial charge < -0.3 is 20.1 Å².